The summed E-state index contributed by atoms with van der Waals surface area (Å²) in [5.74, 6) is -0.0445. The number of hydrogen-bond donors (Lipinski definition) is 3. The number of para-hydroxylation sites is 1. The number of rotatable bonds is 10. The molecule has 0 fully saturated rings. The summed E-state index contributed by atoms with van der Waals surface area (Å²) in [4.78, 5) is 24.5. The van der Waals surface area contributed by atoms with E-state index in [0.29, 0.717) is 28.6 Å². The van der Waals surface area contributed by atoms with E-state index in [1.165, 1.54) is 21.3 Å². The molecule has 156 valence electrons. The van der Waals surface area contributed by atoms with Gasteiger partial charge in [-0.05, 0) is 12.1 Å². The predicted molar refractivity (Wildman–Crippen MR) is 107 cm³/mol. The lowest BCUT2D eigenvalue weighted by Gasteiger charge is -2.15. The van der Waals surface area contributed by atoms with Crippen LogP contribution in [0.4, 0.5) is 11.4 Å². The van der Waals surface area contributed by atoms with E-state index < -0.39 is 18.5 Å². The molecular formula is C20H24N2O7. The van der Waals surface area contributed by atoms with Crippen LogP contribution in [-0.2, 0) is 9.53 Å². The molecule has 0 aliphatic rings. The summed E-state index contributed by atoms with van der Waals surface area (Å²) in [7, 11) is 4.41. The zero-order valence-electron chi connectivity index (χ0n) is 16.5. The van der Waals surface area contributed by atoms with Gasteiger partial charge in [0.15, 0.2) is 18.1 Å². The lowest BCUT2D eigenvalue weighted by atomic mass is 10.2. The minimum absolute atomic E-state index is 0.0828. The third-order valence-electron chi connectivity index (χ3n) is 3.86. The van der Waals surface area contributed by atoms with Gasteiger partial charge >= 0.3 is 5.97 Å². The van der Waals surface area contributed by atoms with Gasteiger partial charge in [0.1, 0.15) is 0 Å². The van der Waals surface area contributed by atoms with Crippen LogP contribution in [0.25, 0.3) is 0 Å². The molecule has 0 heterocycles. The number of nitrogens with one attached hydrogen (secondary N) is 2. The summed E-state index contributed by atoms with van der Waals surface area (Å²) in [6.45, 7) is -0.281. The van der Waals surface area contributed by atoms with Crippen molar-refractivity contribution in [2.24, 2.45) is 0 Å². The first-order valence-electron chi connectivity index (χ1n) is 8.74. The normalized spacial score (nSPS) is 10.1. The highest BCUT2D eigenvalue weighted by molar-refractivity contribution is 5.98. The van der Waals surface area contributed by atoms with Crippen molar-refractivity contribution >= 4 is 23.3 Å². The Bertz CT molecular complexity index is 829. The van der Waals surface area contributed by atoms with Crippen LogP contribution in [0, 0.1) is 0 Å². The number of benzene rings is 2. The standard InChI is InChI=1S/C20H24N2O7/c1-26-16-10-13(11-17(27-2)19(16)28-3)22-18(24)12-29-20(25)14-6-4-5-7-15(14)21-8-9-23/h4-7,10-11,21,23H,8-9,12H2,1-3H3,(H,22,24). The Morgan fingerprint density at radius 3 is 2.24 bits per heavy atom. The zero-order chi connectivity index (χ0) is 21.2. The van der Waals surface area contributed by atoms with Gasteiger partial charge in [0.25, 0.3) is 5.91 Å². The third kappa shape index (κ3) is 5.76. The summed E-state index contributed by atoms with van der Waals surface area (Å²) in [6, 6.07) is 9.80. The Balaban J connectivity index is 2.03. The number of carbonyl (C=O) groups is 2. The largest absolute Gasteiger partial charge is 0.493 e. The van der Waals surface area contributed by atoms with E-state index in [2.05, 4.69) is 10.6 Å². The van der Waals surface area contributed by atoms with E-state index in [4.69, 9.17) is 24.1 Å². The molecule has 0 radical (unpaired) electrons. The average molecular weight is 404 g/mol. The van der Waals surface area contributed by atoms with E-state index in [0.717, 1.165) is 0 Å². The van der Waals surface area contributed by atoms with E-state index in [9.17, 15) is 9.59 Å². The Morgan fingerprint density at radius 1 is 1.00 bits per heavy atom. The van der Waals surface area contributed by atoms with Crippen LogP contribution in [0.1, 0.15) is 10.4 Å². The molecule has 2 rings (SSSR count). The number of esters is 1. The maximum Gasteiger partial charge on any atom is 0.340 e. The fraction of sp³-hybridized carbons (Fsp3) is 0.300. The molecule has 0 unspecified atom stereocenters. The lowest BCUT2D eigenvalue weighted by molar-refractivity contribution is -0.119. The van der Waals surface area contributed by atoms with Gasteiger partial charge in [0.05, 0.1) is 33.5 Å². The van der Waals surface area contributed by atoms with E-state index in [-0.39, 0.29) is 18.7 Å². The molecule has 3 N–H and O–H groups in total. The molecular weight excluding hydrogens is 380 g/mol. The van der Waals surface area contributed by atoms with Gasteiger partial charge < -0.3 is 34.7 Å². The molecule has 9 heteroatoms. The Kier molecular flexibility index (Phi) is 8.11. The van der Waals surface area contributed by atoms with E-state index in [1.54, 1.807) is 36.4 Å². The van der Waals surface area contributed by atoms with Crippen LogP contribution < -0.4 is 24.8 Å². The number of amides is 1. The van der Waals surface area contributed by atoms with Crippen molar-refractivity contribution < 1.29 is 33.6 Å². The van der Waals surface area contributed by atoms with Gasteiger partial charge in [-0.3, -0.25) is 4.79 Å². The number of aliphatic hydroxyl groups excluding tert-OH is 1. The van der Waals surface area contributed by atoms with Crippen LogP contribution in [0.15, 0.2) is 36.4 Å². The van der Waals surface area contributed by atoms with Crippen molar-refractivity contribution in [2.45, 2.75) is 0 Å². The van der Waals surface area contributed by atoms with Crippen LogP contribution in [0.5, 0.6) is 17.2 Å². The number of aliphatic hydroxyl groups is 1. The second-order valence-corrected chi connectivity index (χ2v) is 5.73. The second-order valence-electron chi connectivity index (χ2n) is 5.73. The molecule has 0 aliphatic heterocycles. The van der Waals surface area contributed by atoms with Gasteiger partial charge in [-0.25, -0.2) is 4.79 Å². The second kappa shape index (κ2) is 10.8. The molecule has 0 saturated heterocycles. The quantitative estimate of drug-likeness (QED) is 0.515. The van der Waals surface area contributed by atoms with Gasteiger partial charge in [0, 0.05) is 30.1 Å². The molecule has 0 saturated carbocycles. The molecule has 0 bridgehead atoms. The van der Waals surface area contributed by atoms with Gasteiger partial charge in [-0.1, -0.05) is 12.1 Å². The number of carbonyl (C=O) groups excluding carboxylic acids is 2. The molecule has 9 nitrogen and oxygen atoms in total. The topological polar surface area (TPSA) is 115 Å². The van der Waals surface area contributed by atoms with Crippen molar-refractivity contribution in [3.63, 3.8) is 0 Å². The summed E-state index contributed by atoms with van der Waals surface area (Å²) in [5, 5.41) is 14.5. The summed E-state index contributed by atoms with van der Waals surface area (Å²) in [5.41, 5.74) is 1.17. The minimum Gasteiger partial charge on any atom is -0.493 e. The highest BCUT2D eigenvalue weighted by atomic mass is 16.5. The fourth-order valence-electron chi connectivity index (χ4n) is 2.57. The Morgan fingerprint density at radius 2 is 1.66 bits per heavy atom. The van der Waals surface area contributed by atoms with Crippen molar-refractivity contribution in [1.82, 2.24) is 0 Å². The lowest BCUT2D eigenvalue weighted by Crippen LogP contribution is -2.21. The maximum atomic E-state index is 12.3. The summed E-state index contributed by atoms with van der Waals surface area (Å²) >= 11 is 0. The predicted octanol–water partition coefficient (Wildman–Crippen LogP) is 1.91. The zero-order valence-corrected chi connectivity index (χ0v) is 16.5. The highest BCUT2D eigenvalue weighted by Gasteiger charge is 2.17. The molecule has 0 atom stereocenters. The van der Waals surface area contributed by atoms with Crippen LogP contribution in [0.2, 0.25) is 0 Å². The first-order valence-corrected chi connectivity index (χ1v) is 8.74. The maximum absolute atomic E-state index is 12.3. The van der Waals surface area contributed by atoms with Crippen LogP contribution >= 0.6 is 0 Å². The first-order chi connectivity index (χ1) is 14.0. The van der Waals surface area contributed by atoms with E-state index >= 15 is 0 Å². The molecule has 29 heavy (non-hydrogen) atoms. The number of hydrogen-bond acceptors (Lipinski definition) is 8. The molecule has 2 aromatic carbocycles. The average Bonchev–Trinajstić information content (AvgIpc) is 2.75. The summed E-state index contributed by atoms with van der Waals surface area (Å²) < 4.78 is 20.8. The molecule has 0 aromatic heterocycles. The SMILES string of the molecule is COc1cc(NC(=O)COC(=O)c2ccccc2NCCO)cc(OC)c1OC. The number of ether oxygens (including phenoxy) is 4. The summed E-state index contributed by atoms with van der Waals surface area (Å²) in [6.07, 6.45) is 0. The van der Waals surface area contributed by atoms with Crippen LogP contribution in [0.3, 0.4) is 0 Å². The van der Waals surface area contributed by atoms with E-state index in [1.807, 2.05) is 0 Å². The van der Waals surface area contributed by atoms with Crippen molar-refractivity contribution in [3.8, 4) is 17.2 Å². The highest BCUT2D eigenvalue weighted by Crippen LogP contribution is 2.39. The van der Waals surface area contributed by atoms with Crippen LogP contribution in [-0.4, -0.2) is 58.1 Å². The fourth-order valence-corrected chi connectivity index (χ4v) is 2.57. The Hall–Kier alpha value is -3.46. The minimum atomic E-state index is -0.661. The van der Waals surface area contributed by atoms with Crippen molar-refractivity contribution in [2.75, 3.05) is 51.7 Å². The molecule has 2 aromatic rings. The van der Waals surface area contributed by atoms with Gasteiger partial charge in [-0.2, -0.15) is 0 Å². The van der Waals surface area contributed by atoms with Crippen molar-refractivity contribution in [1.29, 1.82) is 0 Å². The monoisotopic (exact) mass is 404 g/mol. The number of methoxy groups -OCH3 is 3. The number of anilines is 2. The van der Waals surface area contributed by atoms with Crippen molar-refractivity contribution in [3.05, 3.63) is 42.0 Å². The molecule has 1 amide bonds. The smallest absolute Gasteiger partial charge is 0.340 e. The van der Waals surface area contributed by atoms with Gasteiger partial charge in [-0.15, -0.1) is 0 Å². The molecule has 0 spiro atoms. The van der Waals surface area contributed by atoms with Gasteiger partial charge in [0.2, 0.25) is 5.75 Å². The Labute approximate surface area is 168 Å². The first kappa shape index (κ1) is 21.8. The molecule has 0 aliphatic carbocycles. The third-order valence-corrected chi connectivity index (χ3v) is 3.86.